The summed E-state index contributed by atoms with van der Waals surface area (Å²) in [6, 6.07) is 7.23. The summed E-state index contributed by atoms with van der Waals surface area (Å²) < 4.78 is 27.2. The standard InChI is InChI=1S/C18H24ClNO3S/c1-17(2)14-8-9-18(17,16(21)10-14)12-24(22,23)20(3)11-13-6-4-5-7-15(13)19/h4-7,14H,8-12H2,1-3H3/t14-,18-/m0/s1. The van der Waals surface area contributed by atoms with Gasteiger partial charge in [-0.1, -0.05) is 43.6 Å². The van der Waals surface area contributed by atoms with Crippen molar-refractivity contribution in [3.05, 3.63) is 34.9 Å². The number of nitrogens with zero attached hydrogens (tertiary/aromatic N) is 1. The van der Waals surface area contributed by atoms with Gasteiger partial charge in [-0.3, -0.25) is 4.79 Å². The van der Waals surface area contributed by atoms with Crippen LogP contribution in [0.5, 0.6) is 0 Å². The van der Waals surface area contributed by atoms with Crippen LogP contribution in [0, 0.1) is 16.7 Å². The van der Waals surface area contributed by atoms with Gasteiger partial charge in [0, 0.05) is 30.5 Å². The van der Waals surface area contributed by atoms with Crippen LogP contribution in [-0.4, -0.2) is 31.3 Å². The Labute approximate surface area is 149 Å². The Kier molecular flexibility index (Phi) is 4.34. The molecule has 2 atom stereocenters. The summed E-state index contributed by atoms with van der Waals surface area (Å²) in [6.07, 6.45) is 2.15. The van der Waals surface area contributed by atoms with E-state index in [-0.39, 0.29) is 23.5 Å². The first kappa shape index (κ1) is 17.9. The fraction of sp³-hybridized carbons (Fsp3) is 0.611. The highest BCUT2D eigenvalue weighted by molar-refractivity contribution is 7.89. The molecule has 1 aromatic rings. The van der Waals surface area contributed by atoms with Crippen LogP contribution in [0.1, 0.15) is 38.7 Å². The summed E-state index contributed by atoms with van der Waals surface area (Å²) in [6.45, 7) is 4.33. The van der Waals surface area contributed by atoms with Crippen molar-refractivity contribution in [3.8, 4) is 0 Å². The summed E-state index contributed by atoms with van der Waals surface area (Å²) in [4.78, 5) is 12.6. The molecule has 0 aliphatic heterocycles. The van der Waals surface area contributed by atoms with E-state index in [2.05, 4.69) is 13.8 Å². The third kappa shape index (κ3) is 2.61. The minimum Gasteiger partial charge on any atom is -0.299 e. The number of Topliss-reactive ketones (excluding diaryl/α,β-unsaturated/α-hetero) is 1. The summed E-state index contributed by atoms with van der Waals surface area (Å²) in [7, 11) is -1.99. The minimum absolute atomic E-state index is 0.0940. The molecule has 0 amide bonds. The molecule has 2 bridgehead atoms. The van der Waals surface area contributed by atoms with E-state index in [1.54, 1.807) is 13.1 Å². The molecule has 0 spiro atoms. The molecule has 2 fully saturated rings. The summed E-state index contributed by atoms with van der Waals surface area (Å²) in [5, 5.41) is 0.552. The molecule has 0 aromatic heterocycles. The number of carbonyl (C=O) groups is 1. The normalized spacial score (nSPS) is 28.7. The summed E-state index contributed by atoms with van der Waals surface area (Å²) in [5.41, 5.74) is -0.211. The molecule has 24 heavy (non-hydrogen) atoms. The highest BCUT2D eigenvalue weighted by atomic mass is 35.5. The first-order valence-electron chi connectivity index (χ1n) is 8.31. The van der Waals surface area contributed by atoms with E-state index < -0.39 is 15.4 Å². The predicted octanol–water partition coefficient (Wildman–Crippen LogP) is 3.50. The van der Waals surface area contributed by atoms with Crippen molar-refractivity contribution in [2.45, 2.75) is 39.7 Å². The molecule has 132 valence electrons. The molecule has 4 nitrogen and oxygen atoms in total. The van der Waals surface area contributed by atoms with Gasteiger partial charge in [0.05, 0.1) is 5.75 Å². The molecular formula is C18H24ClNO3S. The molecule has 2 aliphatic rings. The van der Waals surface area contributed by atoms with Crippen LogP contribution in [0.3, 0.4) is 0 Å². The molecule has 6 heteroatoms. The van der Waals surface area contributed by atoms with Gasteiger partial charge in [-0.05, 0) is 35.8 Å². The van der Waals surface area contributed by atoms with E-state index in [1.807, 2.05) is 18.2 Å². The number of hydrogen-bond donors (Lipinski definition) is 0. The Balaban J connectivity index is 1.84. The van der Waals surface area contributed by atoms with E-state index >= 15 is 0 Å². The first-order valence-corrected chi connectivity index (χ1v) is 10.3. The Morgan fingerprint density at radius 2 is 1.96 bits per heavy atom. The zero-order chi connectivity index (χ0) is 17.8. The lowest BCUT2D eigenvalue weighted by Crippen LogP contribution is -2.45. The van der Waals surface area contributed by atoms with Crippen LogP contribution in [-0.2, 0) is 21.4 Å². The van der Waals surface area contributed by atoms with Gasteiger partial charge in [0.1, 0.15) is 5.78 Å². The lowest BCUT2D eigenvalue weighted by atomic mass is 9.70. The molecule has 0 unspecified atom stereocenters. The van der Waals surface area contributed by atoms with Gasteiger partial charge >= 0.3 is 0 Å². The fourth-order valence-electron chi connectivity index (χ4n) is 4.49. The van der Waals surface area contributed by atoms with Crippen LogP contribution >= 0.6 is 11.6 Å². The fourth-order valence-corrected chi connectivity index (χ4v) is 6.55. The van der Waals surface area contributed by atoms with Gasteiger partial charge in [0.25, 0.3) is 0 Å². The molecule has 2 saturated carbocycles. The Hall–Kier alpha value is -0.910. The van der Waals surface area contributed by atoms with Crippen LogP contribution in [0.2, 0.25) is 5.02 Å². The maximum Gasteiger partial charge on any atom is 0.215 e. The number of rotatable bonds is 5. The Morgan fingerprint density at radius 3 is 2.50 bits per heavy atom. The molecule has 1 aromatic carbocycles. The van der Waals surface area contributed by atoms with E-state index in [9.17, 15) is 13.2 Å². The number of benzene rings is 1. The molecule has 0 saturated heterocycles. The van der Waals surface area contributed by atoms with E-state index in [0.717, 1.165) is 12.0 Å². The van der Waals surface area contributed by atoms with Crippen molar-refractivity contribution < 1.29 is 13.2 Å². The van der Waals surface area contributed by atoms with Crippen molar-refractivity contribution in [3.63, 3.8) is 0 Å². The molecular weight excluding hydrogens is 346 g/mol. The zero-order valence-corrected chi connectivity index (χ0v) is 16.0. The zero-order valence-electron chi connectivity index (χ0n) is 14.4. The maximum atomic E-state index is 12.9. The van der Waals surface area contributed by atoms with Crippen LogP contribution < -0.4 is 0 Å². The van der Waals surface area contributed by atoms with Crippen molar-refractivity contribution in [1.82, 2.24) is 4.31 Å². The average molecular weight is 370 g/mol. The van der Waals surface area contributed by atoms with Crippen molar-refractivity contribution in [2.75, 3.05) is 12.8 Å². The number of ketones is 1. The highest BCUT2D eigenvalue weighted by Gasteiger charge is 2.65. The van der Waals surface area contributed by atoms with Gasteiger partial charge in [0.15, 0.2) is 0 Å². The van der Waals surface area contributed by atoms with E-state index in [4.69, 9.17) is 11.6 Å². The molecule has 3 rings (SSSR count). The van der Waals surface area contributed by atoms with Gasteiger partial charge in [-0.2, -0.15) is 0 Å². The highest BCUT2D eigenvalue weighted by Crippen LogP contribution is 2.64. The third-order valence-electron chi connectivity index (χ3n) is 6.39. The largest absolute Gasteiger partial charge is 0.299 e. The van der Waals surface area contributed by atoms with Crippen molar-refractivity contribution in [2.24, 2.45) is 16.7 Å². The smallest absolute Gasteiger partial charge is 0.215 e. The number of fused-ring (bicyclic) bond motifs is 2. The van der Waals surface area contributed by atoms with Crippen LogP contribution in [0.15, 0.2) is 24.3 Å². The van der Waals surface area contributed by atoms with Gasteiger partial charge in [-0.25, -0.2) is 12.7 Å². The van der Waals surface area contributed by atoms with Gasteiger partial charge in [-0.15, -0.1) is 0 Å². The monoisotopic (exact) mass is 369 g/mol. The SMILES string of the molecule is CN(Cc1ccccc1Cl)S(=O)(=O)C[C@@]12CC[C@@H](CC1=O)C2(C)C. The molecule has 0 heterocycles. The van der Waals surface area contributed by atoms with Crippen molar-refractivity contribution in [1.29, 1.82) is 0 Å². The minimum atomic E-state index is -3.55. The Bertz CT molecular complexity index is 774. The van der Waals surface area contributed by atoms with E-state index in [0.29, 0.717) is 23.8 Å². The average Bonchev–Trinajstić information content (AvgIpc) is 2.83. The summed E-state index contributed by atoms with van der Waals surface area (Å²) in [5.74, 6) is 0.344. The van der Waals surface area contributed by atoms with Crippen molar-refractivity contribution >= 4 is 27.4 Å². The predicted molar refractivity (Wildman–Crippen MR) is 95.3 cm³/mol. The topological polar surface area (TPSA) is 54.5 Å². The van der Waals surface area contributed by atoms with Crippen LogP contribution in [0.25, 0.3) is 0 Å². The second-order valence-corrected chi connectivity index (χ2v) is 10.3. The molecule has 0 radical (unpaired) electrons. The number of sulfonamides is 1. The number of halogens is 1. The summed E-state index contributed by atoms with van der Waals surface area (Å²) >= 11 is 6.14. The lowest BCUT2D eigenvalue weighted by molar-refractivity contribution is -0.128. The second-order valence-electron chi connectivity index (χ2n) is 7.77. The maximum absolute atomic E-state index is 12.9. The Morgan fingerprint density at radius 1 is 1.29 bits per heavy atom. The number of carbonyl (C=O) groups excluding carboxylic acids is 1. The lowest BCUT2D eigenvalue weighted by Gasteiger charge is -2.37. The second kappa shape index (κ2) is 5.82. The van der Waals surface area contributed by atoms with E-state index in [1.165, 1.54) is 4.31 Å². The third-order valence-corrected chi connectivity index (χ3v) is 8.70. The quantitative estimate of drug-likeness (QED) is 0.798. The number of hydrogen-bond acceptors (Lipinski definition) is 3. The van der Waals surface area contributed by atoms with Gasteiger partial charge < -0.3 is 0 Å². The van der Waals surface area contributed by atoms with Crippen LogP contribution in [0.4, 0.5) is 0 Å². The molecule has 2 aliphatic carbocycles. The van der Waals surface area contributed by atoms with Gasteiger partial charge in [0.2, 0.25) is 10.0 Å². The molecule has 0 N–H and O–H groups in total. The first-order chi connectivity index (χ1) is 11.1.